The van der Waals surface area contributed by atoms with Gasteiger partial charge in [0.1, 0.15) is 17.1 Å². The number of carbonyl (C=O) groups excluding carboxylic acids is 1. The lowest BCUT2D eigenvalue weighted by molar-refractivity contribution is 0.0693. The van der Waals surface area contributed by atoms with E-state index in [9.17, 15) is 4.79 Å². The Morgan fingerprint density at radius 1 is 1.17 bits per heavy atom. The number of oxazole rings is 1. The number of aromatic nitrogens is 2. The topological polar surface area (TPSA) is 77.7 Å². The summed E-state index contributed by atoms with van der Waals surface area (Å²) in [6, 6.07) is 11.4. The van der Waals surface area contributed by atoms with Gasteiger partial charge in [0.25, 0.3) is 5.91 Å². The molecule has 1 saturated heterocycles. The van der Waals surface area contributed by atoms with Crippen LogP contribution in [0.3, 0.4) is 0 Å². The number of benzene rings is 1. The molecule has 1 fully saturated rings. The molecule has 1 amide bonds. The predicted octanol–water partition coefficient (Wildman–Crippen LogP) is 3.70. The Kier molecular flexibility index (Phi) is 5.97. The van der Waals surface area contributed by atoms with E-state index >= 15 is 0 Å². The van der Waals surface area contributed by atoms with Gasteiger partial charge in [-0.05, 0) is 42.7 Å². The van der Waals surface area contributed by atoms with E-state index in [2.05, 4.69) is 9.97 Å². The highest BCUT2D eigenvalue weighted by atomic mass is 16.5. The van der Waals surface area contributed by atoms with Gasteiger partial charge in [0, 0.05) is 25.7 Å². The summed E-state index contributed by atoms with van der Waals surface area (Å²) in [5, 5.41) is 0. The molecule has 156 valence electrons. The highest BCUT2D eigenvalue weighted by Gasteiger charge is 2.29. The van der Waals surface area contributed by atoms with Crippen LogP contribution in [0.5, 0.6) is 11.6 Å². The first-order valence-electron chi connectivity index (χ1n) is 10.0. The largest absolute Gasteiger partial charge is 0.497 e. The molecule has 0 aliphatic carbocycles. The monoisotopic (exact) mass is 407 g/mol. The Hall–Kier alpha value is -3.35. The number of amides is 1. The smallest absolute Gasteiger partial charge is 0.259 e. The van der Waals surface area contributed by atoms with Crippen LogP contribution in [0, 0.1) is 0 Å². The first-order chi connectivity index (χ1) is 14.7. The number of piperidine rings is 1. The SMILES string of the molecule is COc1ccc(Cc2cnc(C3CCCN(C(=O)c4cccnc4OC)C3)o2)cc1. The predicted molar refractivity (Wildman–Crippen MR) is 111 cm³/mol. The van der Waals surface area contributed by atoms with Crippen molar-refractivity contribution in [3.8, 4) is 11.6 Å². The summed E-state index contributed by atoms with van der Waals surface area (Å²) in [5.41, 5.74) is 1.61. The van der Waals surface area contributed by atoms with Gasteiger partial charge in [0.15, 0.2) is 5.89 Å². The van der Waals surface area contributed by atoms with E-state index < -0.39 is 0 Å². The van der Waals surface area contributed by atoms with Crippen molar-refractivity contribution in [1.82, 2.24) is 14.9 Å². The van der Waals surface area contributed by atoms with Crippen LogP contribution in [0.15, 0.2) is 53.2 Å². The summed E-state index contributed by atoms with van der Waals surface area (Å²) in [5.74, 6) is 2.68. The van der Waals surface area contributed by atoms with Crippen molar-refractivity contribution in [2.75, 3.05) is 27.3 Å². The van der Waals surface area contributed by atoms with E-state index in [4.69, 9.17) is 13.9 Å². The molecule has 0 radical (unpaired) electrons. The number of nitrogens with zero attached hydrogens (tertiary/aromatic N) is 3. The second-order valence-corrected chi connectivity index (χ2v) is 7.34. The maximum Gasteiger partial charge on any atom is 0.259 e. The molecule has 0 N–H and O–H groups in total. The van der Waals surface area contributed by atoms with E-state index in [0.29, 0.717) is 36.8 Å². The first kappa shape index (κ1) is 19.9. The quantitative estimate of drug-likeness (QED) is 0.620. The second-order valence-electron chi connectivity index (χ2n) is 7.34. The number of hydrogen-bond donors (Lipinski definition) is 0. The van der Waals surface area contributed by atoms with Crippen molar-refractivity contribution < 1.29 is 18.7 Å². The molecule has 4 rings (SSSR count). The van der Waals surface area contributed by atoms with Gasteiger partial charge in [0.05, 0.1) is 26.3 Å². The third kappa shape index (κ3) is 4.30. The Bertz CT molecular complexity index is 1000. The van der Waals surface area contributed by atoms with Crippen molar-refractivity contribution in [2.24, 2.45) is 0 Å². The Balaban J connectivity index is 1.44. The highest BCUT2D eigenvalue weighted by molar-refractivity contribution is 5.96. The van der Waals surface area contributed by atoms with E-state index in [0.717, 1.165) is 29.9 Å². The second kappa shape index (κ2) is 8.98. The van der Waals surface area contributed by atoms with Gasteiger partial charge in [-0.3, -0.25) is 4.79 Å². The fourth-order valence-corrected chi connectivity index (χ4v) is 3.79. The minimum absolute atomic E-state index is 0.0744. The lowest BCUT2D eigenvalue weighted by Crippen LogP contribution is -2.39. The van der Waals surface area contributed by atoms with E-state index in [1.807, 2.05) is 29.2 Å². The summed E-state index contributed by atoms with van der Waals surface area (Å²) < 4.78 is 16.5. The maximum atomic E-state index is 13.0. The standard InChI is InChI=1S/C23H25N3O4/c1-28-18-9-7-16(8-10-18)13-19-14-25-21(30-19)17-5-4-12-26(15-17)23(27)20-6-3-11-24-22(20)29-2/h3,6-11,14,17H,4-5,12-13,15H2,1-2H3. The van der Waals surface area contributed by atoms with Crippen molar-refractivity contribution >= 4 is 5.91 Å². The molecule has 7 heteroatoms. The third-order valence-corrected chi connectivity index (χ3v) is 5.36. The fraction of sp³-hybridized carbons (Fsp3) is 0.348. The van der Waals surface area contributed by atoms with E-state index in [1.165, 1.54) is 7.11 Å². The summed E-state index contributed by atoms with van der Waals surface area (Å²) in [6.45, 7) is 1.27. The molecule has 0 saturated carbocycles. The summed E-state index contributed by atoms with van der Waals surface area (Å²) >= 11 is 0. The van der Waals surface area contributed by atoms with Crippen molar-refractivity contribution in [1.29, 1.82) is 0 Å². The zero-order chi connectivity index (χ0) is 20.9. The molecule has 1 atom stereocenters. The number of hydrogen-bond acceptors (Lipinski definition) is 6. The number of methoxy groups -OCH3 is 2. The van der Waals surface area contributed by atoms with Gasteiger partial charge >= 0.3 is 0 Å². The Morgan fingerprint density at radius 2 is 2.00 bits per heavy atom. The number of likely N-dealkylation sites (tertiary alicyclic amines) is 1. The van der Waals surface area contributed by atoms with Gasteiger partial charge < -0.3 is 18.8 Å². The molecule has 3 aromatic rings. The number of rotatable bonds is 6. The minimum Gasteiger partial charge on any atom is -0.497 e. The van der Waals surface area contributed by atoms with Crippen LogP contribution >= 0.6 is 0 Å². The zero-order valence-electron chi connectivity index (χ0n) is 17.2. The van der Waals surface area contributed by atoms with Crippen LogP contribution in [0.2, 0.25) is 0 Å². The summed E-state index contributed by atoms with van der Waals surface area (Å²) in [4.78, 5) is 23.5. The molecule has 1 aromatic carbocycles. The highest BCUT2D eigenvalue weighted by Crippen LogP contribution is 2.29. The Labute approximate surface area is 175 Å². The molecule has 1 aliphatic rings. The van der Waals surface area contributed by atoms with Gasteiger partial charge in [0.2, 0.25) is 5.88 Å². The van der Waals surface area contributed by atoms with E-state index in [-0.39, 0.29) is 11.8 Å². The molecule has 2 aromatic heterocycles. The summed E-state index contributed by atoms with van der Waals surface area (Å²) in [6.07, 6.45) is 5.90. The van der Waals surface area contributed by atoms with Crippen LogP contribution in [0.4, 0.5) is 0 Å². The van der Waals surface area contributed by atoms with Gasteiger partial charge in [-0.2, -0.15) is 0 Å². The normalized spacial score (nSPS) is 16.3. The molecular weight excluding hydrogens is 382 g/mol. The van der Waals surface area contributed by atoms with Crippen LogP contribution in [0.1, 0.15) is 46.3 Å². The summed E-state index contributed by atoms with van der Waals surface area (Å²) in [7, 11) is 3.18. The zero-order valence-corrected chi connectivity index (χ0v) is 17.2. The maximum absolute atomic E-state index is 13.0. The average molecular weight is 407 g/mol. The van der Waals surface area contributed by atoms with Crippen molar-refractivity contribution in [2.45, 2.75) is 25.2 Å². The van der Waals surface area contributed by atoms with Gasteiger partial charge in [-0.1, -0.05) is 12.1 Å². The number of ether oxygens (including phenoxy) is 2. The molecule has 0 spiro atoms. The lowest BCUT2D eigenvalue weighted by atomic mass is 9.97. The van der Waals surface area contributed by atoms with Gasteiger partial charge in [-0.25, -0.2) is 9.97 Å². The van der Waals surface area contributed by atoms with Crippen LogP contribution in [0.25, 0.3) is 0 Å². The van der Waals surface area contributed by atoms with Crippen molar-refractivity contribution in [3.63, 3.8) is 0 Å². The molecular formula is C23H25N3O4. The average Bonchev–Trinajstić information content (AvgIpc) is 3.27. The molecule has 30 heavy (non-hydrogen) atoms. The lowest BCUT2D eigenvalue weighted by Gasteiger charge is -2.31. The first-order valence-corrected chi connectivity index (χ1v) is 10.0. The molecule has 3 heterocycles. The molecule has 0 bridgehead atoms. The van der Waals surface area contributed by atoms with E-state index in [1.54, 1.807) is 31.6 Å². The third-order valence-electron chi connectivity index (χ3n) is 5.36. The van der Waals surface area contributed by atoms with Crippen molar-refractivity contribution in [3.05, 3.63) is 71.6 Å². The number of pyridine rings is 1. The minimum atomic E-state index is -0.0744. The fourth-order valence-electron chi connectivity index (χ4n) is 3.79. The van der Waals surface area contributed by atoms with Crippen LogP contribution in [-0.2, 0) is 6.42 Å². The molecule has 7 nitrogen and oxygen atoms in total. The molecule has 1 aliphatic heterocycles. The van der Waals surface area contributed by atoms with Crippen LogP contribution in [-0.4, -0.2) is 48.1 Å². The van der Waals surface area contributed by atoms with Gasteiger partial charge in [-0.15, -0.1) is 0 Å². The Morgan fingerprint density at radius 3 is 2.77 bits per heavy atom. The van der Waals surface area contributed by atoms with Crippen LogP contribution < -0.4 is 9.47 Å². The number of carbonyl (C=O) groups is 1. The molecule has 1 unspecified atom stereocenters.